The van der Waals surface area contributed by atoms with Crippen LogP contribution in [0.2, 0.25) is 18.8 Å². The molecule has 0 aromatic heterocycles. The van der Waals surface area contributed by atoms with Gasteiger partial charge in [-0.05, 0) is 0 Å². The first-order chi connectivity index (χ1) is 7.04. The molecule has 0 aromatic rings. The first-order valence-corrected chi connectivity index (χ1v) is 16.9. The molecule has 2 fully saturated rings. The minimum absolute atomic E-state index is 1.08. The maximum absolute atomic E-state index is 2.66. The molecule has 0 nitrogen and oxygen atoms in total. The summed E-state index contributed by atoms with van der Waals surface area (Å²) in [5.74, 6) is 3.32. The zero-order valence-corrected chi connectivity index (χ0v) is 13.6. The fourth-order valence-corrected chi connectivity index (χ4v) is 14.1. The Kier molecular flexibility index (Phi) is 3.54. The van der Waals surface area contributed by atoms with E-state index in [4.69, 9.17) is 0 Å². The molecule has 0 radical (unpaired) electrons. The Hall–Kier alpha value is 0.539. The van der Waals surface area contributed by atoms with E-state index in [2.05, 4.69) is 33.9 Å². The van der Waals surface area contributed by atoms with E-state index in [9.17, 15) is 0 Å². The summed E-state index contributed by atoms with van der Waals surface area (Å²) in [5.41, 5.74) is 0. The second kappa shape index (κ2) is 4.43. The molecule has 0 unspecified atom stereocenters. The van der Waals surface area contributed by atoms with E-state index in [0.29, 0.717) is 0 Å². The monoisotopic (exact) mass is 314 g/mol. The zero-order valence-electron chi connectivity index (χ0n) is 10.8. The SMILES string of the molecule is C/C=C\C[C@@H]1[C@H]2CC[C@H](C2)[C@@H]1[Sn]([CH3])([CH3])[CH3]. The quantitative estimate of drug-likeness (QED) is 0.523. The van der Waals surface area contributed by atoms with Gasteiger partial charge in [0.05, 0.1) is 0 Å². The summed E-state index contributed by atoms with van der Waals surface area (Å²) in [5, 5.41) is 0. The number of hydrogen-bond donors (Lipinski definition) is 0. The van der Waals surface area contributed by atoms with Gasteiger partial charge in [-0.2, -0.15) is 0 Å². The van der Waals surface area contributed by atoms with E-state index in [1.54, 1.807) is 19.3 Å². The Balaban J connectivity index is 2.13. The van der Waals surface area contributed by atoms with Crippen molar-refractivity contribution in [2.75, 3.05) is 0 Å². The summed E-state index contributed by atoms with van der Waals surface area (Å²) in [4.78, 5) is 7.97. The van der Waals surface area contributed by atoms with Crippen LogP contribution >= 0.6 is 0 Å². The molecule has 0 heterocycles. The van der Waals surface area contributed by atoms with E-state index >= 15 is 0 Å². The van der Waals surface area contributed by atoms with Crippen LogP contribution < -0.4 is 0 Å². The van der Waals surface area contributed by atoms with E-state index in [0.717, 1.165) is 17.8 Å². The summed E-state index contributed by atoms with van der Waals surface area (Å²) in [7, 11) is 0. The third-order valence-electron chi connectivity index (χ3n) is 4.73. The van der Waals surface area contributed by atoms with Crippen molar-refractivity contribution in [3.8, 4) is 0 Å². The van der Waals surface area contributed by atoms with E-state index < -0.39 is 18.4 Å². The van der Waals surface area contributed by atoms with Gasteiger partial charge < -0.3 is 0 Å². The summed E-state index contributed by atoms with van der Waals surface area (Å²) < 4.78 is 1.19. The van der Waals surface area contributed by atoms with Gasteiger partial charge in [0.15, 0.2) is 0 Å². The molecule has 15 heavy (non-hydrogen) atoms. The number of rotatable bonds is 3. The van der Waals surface area contributed by atoms with E-state index in [-0.39, 0.29) is 0 Å². The third kappa shape index (κ3) is 2.30. The van der Waals surface area contributed by atoms with Crippen molar-refractivity contribution in [2.24, 2.45) is 17.8 Å². The topological polar surface area (TPSA) is 0 Å². The summed E-state index contributed by atoms with van der Waals surface area (Å²) >= 11 is -1.66. The second-order valence-electron chi connectivity index (χ2n) is 6.69. The van der Waals surface area contributed by atoms with Gasteiger partial charge in [0.1, 0.15) is 0 Å². The van der Waals surface area contributed by atoms with Gasteiger partial charge in [-0.25, -0.2) is 0 Å². The zero-order chi connectivity index (χ0) is 11.1. The molecule has 86 valence electrons. The predicted molar refractivity (Wildman–Crippen MR) is 70.8 cm³/mol. The molecule has 2 saturated carbocycles. The summed E-state index contributed by atoms with van der Waals surface area (Å²) in [6, 6.07) is 0. The number of hydrogen-bond acceptors (Lipinski definition) is 0. The average Bonchev–Trinajstić information content (AvgIpc) is 2.71. The van der Waals surface area contributed by atoms with Crippen LogP contribution in [-0.2, 0) is 0 Å². The van der Waals surface area contributed by atoms with Crippen LogP contribution in [0, 0.1) is 17.8 Å². The summed E-state index contributed by atoms with van der Waals surface area (Å²) in [6.45, 7) is 2.17. The fourth-order valence-electron chi connectivity index (χ4n) is 4.39. The predicted octanol–water partition coefficient (Wildman–Crippen LogP) is 4.71. The Morgan fingerprint density at radius 1 is 1.13 bits per heavy atom. The standard InChI is InChI=1S/C11H17.3CH3.Sn/c1-2-3-4-10-7-9-5-6-11(10)8-9;;;;/h2-3,7,9-11H,4-6,8H2,1H3;3*1H3;/b3-2-;;;;/t9-,10-,11-;;;;/m0..../s1. The molecule has 2 aliphatic carbocycles. The molecular weight excluding hydrogens is 287 g/mol. The number of allylic oxidation sites excluding steroid dienone is 2. The van der Waals surface area contributed by atoms with E-state index in [1.165, 1.54) is 10.4 Å². The van der Waals surface area contributed by atoms with Gasteiger partial charge in [0.2, 0.25) is 0 Å². The molecule has 0 saturated heterocycles. The second-order valence-corrected chi connectivity index (χ2v) is 22.1. The van der Waals surface area contributed by atoms with Crippen molar-refractivity contribution >= 4 is 18.4 Å². The molecule has 0 spiro atoms. The van der Waals surface area contributed by atoms with Gasteiger partial charge in [-0.1, -0.05) is 0 Å². The third-order valence-corrected chi connectivity index (χ3v) is 13.0. The van der Waals surface area contributed by atoms with Crippen molar-refractivity contribution < 1.29 is 0 Å². The van der Waals surface area contributed by atoms with Crippen LogP contribution in [0.15, 0.2) is 12.2 Å². The molecule has 0 amide bonds. The minimum atomic E-state index is -1.66. The molecule has 2 aliphatic rings. The van der Waals surface area contributed by atoms with Crippen LogP contribution in [0.4, 0.5) is 0 Å². The van der Waals surface area contributed by atoms with Crippen molar-refractivity contribution in [1.29, 1.82) is 0 Å². The molecule has 0 aliphatic heterocycles. The summed E-state index contributed by atoms with van der Waals surface area (Å²) in [6.07, 6.45) is 10.8. The van der Waals surface area contributed by atoms with Crippen molar-refractivity contribution in [1.82, 2.24) is 0 Å². The fraction of sp³-hybridized carbons (Fsp3) is 0.857. The van der Waals surface area contributed by atoms with Crippen molar-refractivity contribution in [3.63, 3.8) is 0 Å². The molecule has 1 heteroatoms. The van der Waals surface area contributed by atoms with Crippen LogP contribution in [0.3, 0.4) is 0 Å². The first kappa shape index (κ1) is 12.0. The first-order valence-electron chi connectivity index (χ1n) is 6.65. The van der Waals surface area contributed by atoms with Gasteiger partial charge in [0, 0.05) is 0 Å². The van der Waals surface area contributed by atoms with Crippen LogP contribution in [0.25, 0.3) is 0 Å². The Bertz CT molecular complexity index is 249. The van der Waals surface area contributed by atoms with Crippen LogP contribution in [-0.4, -0.2) is 18.4 Å². The van der Waals surface area contributed by atoms with Gasteiger partial charge in [-0.3, -0.25) is 0 Å². The van der Waals surface area contributed by atoms with E-state index in [1.807, 2.05) is 0 Å². The van der Waals surface area contributed by atoms with Crippen molar-refractivity contribution in [3.05, 3.63) is 12.2 Å². The molecule has 2 bridgehead atoms. The molecular formula is C14H26Sn. The van der Waals surface area contributed by atoms with Crippen molar-refractivity contribution in [2.45, 2.75) is 51.4 Å². The molecule has 4 atom stereocenters. The molecule has 2 rings (SSSR count). The van der Waals surface area contributed by atoms with Crippen LogP contribution in [0.5, 0.6) is 0 Å². The van der Waals surface area contributed by atoms with Gasteiger partial charge in [0.25, 0.3) is 0 Å². The molecule has 0 aromatic carbocycles. The normalized spacial score (nSPS) is 40.5. The average molecular weight is 313 g/mol. The van der Waals surface area contributed by atoms with Gasteiger partial charge >= 0.3 is 99.6 Å². The van der Waals surface area contributed by atoms with Crippen LogP contribution in [0.1, 0.15) is 32.6 Å². The van der Waals surface area contributed by atoms with Gasteiger partial charge in [-0.15, -0.1) is 0 Å². The Labute approximate surface area is 99.4 Å². The molecule has 0 N–H and O–H groups in total. The Morgan fingerprint density at radius 3 is 2.40 bits per heavy atom. The number of fused-ring (bicyclic) bond motifs is 2. The Morgan fingerprint density at radius 2 is 1.80 bits per heavy atom. The maximum atomic E-state index is 2.66.